The van der Waals surface area contributed by atoms with Crippen molar-refractivity contribution in [3.8, 4) is 5.88 Å². The van der Waals surface area contributed by atoms with Crippen LogP contribution in [-0.2, 0) is 9.53 Å². The van der Waals surface area contributed by atoms with Gasteiger partial charge in [-0.2, -0.15) is 13.2 Å². The lowest BCUT2D eigenvalue weighted by molar-refractivity contribution is -0.117. The first-order valence-electron chi connectivity index (χ1n) is 10.5. The lowest BCUT2D eigenvalue weighted by atomic mass is 10.1. The van der Waals surface area contributed by atoms with E-state index in [0.29, 0.717) is 5.69 Å². The van der Waals surface area contributed by atoms with Crippen molar-refractivity contribution >= 4 is 29.2 Å². The summed E-state index contributed by atoms with van der Waals surface area (Å²) in [5.74, 6) is -2.67. The van der Waals surface area contributed by atoms with Gasteiger partial charge in [-0.25, -0.2) is 9.78 Å². The molecule has 0 aliphatic carbocycles. The highest BCUT2D eigenvalue weighted by Crippen LogP contribution is 2.21. The summed E-state index contributed by atoms with van der Waals surface area (Å²) in [6.07, 6.45) is -4.27. The van der Waals surface area contributed by atoms with E-state index in [-0.39, 0.29) is 36.8 Å². The first-order valence-corrected chi connectivity index (χ1v) is 10.5. The number of nitrogens with zero attached hydrogens (tertiary/aromatic N) is 1. The third kappa shape index (κ3) is 7.82. The zero-order valence-corrected chi connectivity index (χ0v) is 19.4. The van der Waals surface area contributed by atoms with E-state index in [0.717, 1.165) is 13.3 Å². The van der Waals surface area contributed by atoms with Gasteiger partial charge in [-0.05, 0) is 25.1 Å². The number of carbonyl (C=O) groups is 3. The monoisotopic (exact) mass is 507 g/mol. The van der Waals surface area contributed by atoms with Gasteiger partial charge in [0.2, 0.25) is 5.88 Å². The zero-order chi connectivity index (χ0) is 26.7. The molecule has 0 aliphatic heterocycles. The molecule has 0 bridgehead atoms. The fourth-order valence-corrected chi connectivity index (χ4v) is 2.74. The Morgan fingerprint density at radius 3 is 2.33 bits per heavy atom. The smallest absolute Gasteiger partial charge is 0.433 e. The van der Waals surface area contributed by atoms with Crippen molar-refractivity contribution in [2.45, 2.75) is 13.1 Å². The average molecular weight is 507 g/mol. The molecule has 10 nitrogen and oxygen atoms in total. The molecule has 2 aromatic rings. The largest absolute Gasteiger partial charge is 0.478 e. The quantitative estimate of drug-likeness (QED) is 0.159. The van der Waals surface area contributed by atoms with Crippen molar-refractivity contribution < 1.29 is 37.0 Å². The maximum absolute atomic E-state index is 13.1. The number of benzene rings is 1. The topological polar surface area (TPSA) is 142 Å². The second kappa shape index (κ2) is 12.9. The molecular weight excluding hydrogens is 483 g/mol. The molecule has 0 aliphatic rings. The van der Waals surface area contributed by atoms with Gasteiger partial charge in [0.25, 0.3) is 11.8 Å². The zero-order valence-electron chi connectivity index (χ0n) is 19.4. The molecule has 192 valence electrons. The first kappa shape index (κ1) is 27.8. The van der Waals surface area contributed by atoms with Gasteiger partial charge in [0, 0.05) is 31.0 Å². The summed E-state index contributed by atoms with van der Waals surface area (Å²) < 4.78 is 49.1. The number of pyridine rings is 1. The SMILES string of the molecule is CCOc1ccc(C(=O)NCCNC(=O)/C(=C/Nc2ccccc2)C(=N)C(F)(F)F)c(C(=O)OC)n1. The van der Waals surface area contributed by atoms with Gasteiger partial charge < -0.3 is 25.4 Å². The van der Waals surface area contributed by atoms with Crippen LogP contribution in [0.15, 0.2) is 54.2 Å². The molecule has 13 heteroatoms. The van der Waals surface area contributed by atoms with Gasteiger partial charge in [-0.15, -0.1) is 0 Å². The number of aromatic nitrogens is 1. The summed E-state index contributed by atoms with van der Waals surface area (Å²) in [6, 6.07) is 10.8. The molecular formula is C23H24F3N5O5. The Kier molecular flexibility index (Phi) is 9.95. The van der Waals surface area contributed by atoms with Crippen LogP contribution in [0, 0.1) is 5.41 Å². The summed E-state index contributed by atoms with van der Waals surface area (Å²) in [6.45, 7) is 1.53. The van der Waals surface area contributed by atoms with Gasteiger partial charge in [-0.1, -0.05) is 18.2 Å². The van der Waals surface area contributed by atoms with E-state index < -0.39 is 35.2 Å². The summed E-state index contributed by atoms with van der Waals surface area (Å²) in [5, 5.41) is 14.6. The molecule has 2 amide bonds. The van der Waals surface area contributed by atoms with Crippen molar-refractivity contribution in [3.63, 3.8) is 0 Å². The second-order valence-electron chi connectivity index (χ2n) is 6.92. The van der Waals surface area contributed by atoms with E-state index in [4.69, 9.17) is 10.1 Å². The molecule has 0 radical (unpaired) electrons. The van der Waals surface area contributed by atoms with Gasteiger partial charge >= 0.3 is 12.1 Å². The van der Waals surface area contributed by atoms with Gasteiger partial charge in [-0.3, -0.25) is 15.0 Å². The van der Waals surface area contributed by atoms with Crippen LogP contribution in [0.5, 0.6) is 5.88 Å². The number of para-hydroxylation sites is 1. The molecule has 1 aromatic heterocycles. The molecule has 0 fully saturated rings. The van der Waals surface area contributed by atoms with Crippen LogP contribution in [0.2, 0.25) is 0 Å². The van der Waals surface area contributed by atoms with Crippen LogP contribution < -0.4 is 20.7 Å². The molecule has 4 N–H and O–H groups in total. The molecule has 0 spiro atoms. The Morgan fingerprint density at radius 1 is 1.06 bits per heavy atom. The number of rotatable bonds is 11. The Morgan fingerprint density at radius 2 is 1.72 bits per heavy atom. The van der Waals surface area contributed by atoms with Crippen LogP contribution in [-0.4, -0.2) is 61.5 Å². The van der Waals surface area contributed by atoms with Gasteiger partial charge in [0.15, 0.2) is 5.69 Å². The van der Waals surface area contributed by atoms with Crippen LogP contribution >= 0.6 is 0 Å². The lowest BCUT2D eigenvalue weighted by Gasteiger charge is -2.14. The van der Waals surface area contributed by atoms with Crippen LogP contribution in [0.4, 0.5) is 18.9 Å². The highest BCUT2D eigenvalue weighted by atomic mass is 19.4. The Balaban J connectivity index is 2.04. The number of nitrogens with one attached hydrogen (secondary N) is 4. The summed E-state index contributed by atoms with van der Waals surface area (Å²) in [4.78, 5) is 40.9. The van der Waals surface area contributed by atoms with Crippen molar-refractivity contribution in [3.05, 3.63) is 65.5 Å². The van der Waals surface area contributed by atoms with Crippen molar-refractivity contribution in [1.82, 2.24) is 15.6 Å². The van der Waals surface area contributed by atoms with E-state index in [1.165, 1.54) is 12.1 Å². The van der Waals surface area contributed by atoms with Crippen molar-refractivity contribution in [2.75, 3.05) is 32.1 Å². The summed E-state index contributed by atoms with van der Waals surface area (Å²) in [7, 11) is 1.12. The predicted octanol–water partition coefficient (Wildman–Crippen LogP) is 2.69. The van der Waals surface area contributed by atoms with E-state index in [9.17, 15) is 27.6 Å². The standard InChI is InChI=1S/C23H24F3N5O5/c1-3-36-17-10-9-15(18(31-17)22(34)35-2)20(32)28-11-12-29-21(33)16(19(27)23(24,25)26)13-30-14-7-5-4-6-8-14/h4-10,13,27,30H,3,11-12H2,1-2H3,(H,28,32)(H,29,33)/b16-13+,27-19?. The molecule has 0 atom stereocenters. The highest BCUT2D eigenvalue weighted by Gasteiger charge is 2.39. The second-order valence-corrected chi connectivity index (χ2v) is 6.92. The van der Waals surface area contributed by atoms with Crippen molar-refractivity contribution in [2.24, 2.45) is 0 Å². The number of hydrogen-bond donors (Lipinski definition) is 4. The average Bonchev–Trinajstić information content (AvgIpc) is 2.86. The summed E-state index contributed by atoms with van der Waals surface area (Å²) >= 11 is 0. The Bertz CT molecular complexity index is 1140. The third-order valence-corrected chi connectivity index (χ3v) is 4.44. The maximum atomic E-state index is 13.1. The number of ether oxygens (including phenoxy) is 2. The number of alkyl halides is 3. The minimum Gasteiger partial charge on any atom is -0.478 e. The minimum atomic E-state index is -5.05. The number of methoxy groups -OCH3 is 1. The Hall–Kier alpha value is -4.42. The molecule has 0 unspecified atom stereocenters. The number of carbonyl (C=O) groups excluding carboxylic acids is 3. The number of esters is 1. The van der Waals surface area contributed by atoms with Crippen molar-refractivity contribution in [1.29, 1.82) is 5.41 Å². The number of amides is 2. The fourth-order valence-electron chi connectivity index (χ4n) is 2.74. The van der Waals surface area contributed by atoms with E-state index in [1.54, 1.807) is 37.3 Å². The first-order chi connectivity index (χ1) is 17.1. The van der Waals surface area contributed by atoms with Crippen LogP contribution in [0.3, 0.4) is 0 Å². The normalized spacial score (nSPS) is 11.3. The van der Waals surface area contributed by atoms with E-state index in [2.05, 4.69) is 25.7 Å². The maximum Gasteiger partial charge on any atom is 0.433 e. The molecule has 1 heterocycles. The highest BCUT2D eigenvalue weighted by molar-refractivity contribution is 6.22. The molecule has 0 saturated heterocycles. The third-order valence-electron chi connectivity index (χ3n) is 4.44. The van der Waals surface area contributed by atoms with Crippen LogP contribution in [0.1, 0.15) is 27.8 Å². The number of anilines is 1. The van der Waals surface area contributed by atoms with Gasteiger partial charge in [0.05, 0.1) is 24.9 Å². The number of hydrogen-bond acceptors (Lipinski definition) is 8. The number of halogens is 3. The molecule has 0 saturated carbocycles. The molecule has 1 aromatic carbocycles. The van der Waals surface area contributed by atoms with E-state index in [1.807, 2.05) is 0 Å². The fraction of sp³-hybridized carbons (Fsp3) is 0.261. The lowest BCUT2D eigenvalue weighted by Crippen LogP contribution is -2.39. The predicted molar refractivity (Wildman–Crippen MR) is 124 cm³/mol. The Labute approximate surface area is 204 Å². The van der Waals surface area contributed by atoms with Gasteiger partial charge in [0.1, 0.15) is 5.71 Å². The van der Waals surface area contributed by atoms with E-state index >= 15 is 0 Å². The molecule has 36 heavy (non-hydrogen) atoms. The minimum absolute atomic E-state index is 0.109. The summed E-state index contributed by atoms with van der Waals surface area (Å²) in [5.41, 5.74) is -2.78. The van der Waals surface area contributed by atoms with Crippen LogP contribution in [0.25, 0.3) is 0 Å². The molecule has 2 rings (SSSR count).